The van der Waals surface area contributed by atoms with Gasteiger partial charge in [-0.3, -0.25) is 0 Å². The first kappa shape index (κ1) is 24.1. The van der Waals surface area contributed by atoms with E-state index in [1.54, 1.807) is 14.2 Å². The highest BCUT2D eigenvalue weighted by Crippen LogP contribution is 2.33. The molecule has 3 aromatic rings. The molecule has 0 bridgehead atoms. The Kier molecular flexibility index (Phi) is 8.59. The first-order chi connectivity index (χ1) is 13.7. The van der Waals surface area contributed by atoms with Gasteiger partial charge in [0.15, 0.2) is 0 Å². The molecule has 0 aliphatic carbocycles. The van der Waals surface area contributed by atoms with Crippen LogP contribution in [0.4, 0.5) is 5.82 Å². The minimum atomic E-state index is 0. The summed E-state index contributed by atoms with van der Waals surface area (Å²) in [6, 6.07) is 16.5. The van der Waals surface area contributed by atoms with Crippen molar-refractivity contribution in [2.45, 2.75) is 6.92 Å². The van der Waals surface area contributed by atoms with E-state index in [1.807, 2.05) is 18.2 Å². The van der Waals surface area contributed by atoms with Gasteiger partial charge in [-0.05, 0) is 60.5 Å². The van der Waals surface area contributed by atoms with Crippen LogP contribution in [-0.4, -0.2) is 56.8 Å². The van der Waals surface area contributed by atoms with Crippen molar-refractivity contribution >= 4 is 41.4 Å². The average molecular weight is 450 g/mol. The zero-order valence-electron chi connectivity index (χ0n) is 17.6. The molecule has 7 heteroatoms. The summed E-state index contributed by atoms with van der Waals surface area (Å²) < 4.78 is 10.8. The Balaban J connectivity index is 0.00000160. The van der Waals surface area contributed by atoms with E-state index in [2.05, 4.69) is 47.1 Å². The summed E-state index contributed by atoms with van der Waals surface area (Å²) in [5.74, 6) is 2.77. The molecule has 1 aliphatic rings. The fraction of sp³-hybridized carbons (Fsp3) is 0.348. The molecule has 4 rings (SSSR count). The highest BCUT2D eigenvalue weighted by Gasteiger charge is 2.20. The summed E-state index contributed by atoms with van der Waals surface area (Å²) in [6.07, 6.45) is 0. The molecule has 1 aliphatic heterocycles. The molecule has 1 fully saturated rings. The third kappa shape index (κ3) is 4.91. The number of halogens is 2. The maximum atomic E-state index is 5.45. The van der Waals surface area contributed by atoms with Gasteiger partial charge in [0.1, 0.15) is 17.3 Å². The van der Waals surface area contributed by atoms with E-state index in [0.717, 1.165) is 66.7 Å². The summed E-state index contributed by atoms with van der Waals surface area (Å²) in [5, 5.41) is 2.32. The van der Waals surface area contributed by atoms with E-state index in [9.17, 15) is 0 Å². The van der Waals surface area contributed by atoms with Crippen LogP contribution in [0.2, 0.25) is 0 Å². The van der Waals surface area contributed by atoms with Gasteiger partial charge < -0.3 is 19.3 Å². The molecule has 30 heavy (non-hydrogen) atoms. The molecule has 0 radical (unpaired) electrons. The van der Waals surface area contributed by atoms with Crippen LogP contribution < -0.4 is 14.4 Å². The van der Waals surface area contributed by atoms with Crippen molar-refractivity contribution in [1.29, 1.82) is 0 Å². The average Bonchev–Trinajstić information content (AvgIpc) is 2.78. The number of hydrogen-bond acceptors (Lipinski definition) is 5. The van der Waals surface area contributed by atoms with Crippen molar-refractivity contribution in [3.8, 4) is 22.8 Å². The van der Waals surface area contributed by atoms with Gasteiger partial charge in [0.05, 0.1) is 19.9 Å². The lowest BCUT2D eigenvalue weighted by Crippen LogP contribution is -2.46. The molecule has 0 atom stereocenters. The number of fused-ring (bicyclic) bond motifs is 1. The molecule has 0 spiro atoms. The quantitative estimate of drug-likeness (QED) is 0.553. The van der Waals surface area contributed by atoms with E-state index >= 15 is 0 Å². The van der Waals surface area contributed by atoms with Crippen molar-refractivity contribution < 1.29 is 9.47 Å². The predicted molar refractivity (Wildman–Crippen MR) is 129 cm³/mol. The molecule has 0 saturated carbocycles. The summed E-state index contributed by atoms with van der Waals surface area (Å²) in [7, 11) is 3.39. The zero-order valence-corrected chi connectivity index (χ0v) is 19.3. The fourth-order valence-electron chi connectivity index (χ4n) is 3.77. The predicted octanol–water partition coefficient (Wildman–Crippen LogP) is 4.90. The zero-order chi connectivity index (χ0) is 19.5. The van der Waals surface area contributed by atoms with Gasteiger partial charge in [0.2, 0.25) is 0 Å². The fourth-order valence-corrected chi connectivity index (χ4v) is 3.77. The number of piperazine rings is 1. The molecule has 0 amide bonds. The topological polar surface area (TPSA) is 37.8 Å². The van der Waals surface area contributed by atoms with E-state index in [-0.39, 0.29) is 24.8 Å². The Hall–Kier alpha value is -2.21. The van der Waals surface area contributed by atoms with Crippen LogP contribution in [0.5, 0.6) is 11.5 Å². The molecule has 2 heterocycles. The van der Waals surface area contributed by atoms with Gasteiger partial charge >= 0.3 is 0 Å². The minimum absolute atomic E-state index is 0. The Morgan fingerprint density at radius 3 is 2.07 bits per heavy atom. The van der Waals surface area contributed by atoms with Crippen molar-refractivity contribution in [2.75, 3.05) is 51.8 Å². The molecule has 5 nitrogen and oxygen atoms in total. The summed E-state index contributed by atoms with van der Waals surface area (Å²) in [4.78, 5) is 9.97. The van der Waals surface area contributed by atoms with Crippen LogP contribution in [0.25, 0.3) is 22.0 Å². The molecule has 2 aromatic carbocycles. The van der Waals surface area contributed by atoms with Crippen LogP contribution in [-0.2, 0) is 0 Å². The summed E-state index contributed by atoms with van der Waals surface area (Å²) in [5.41, 5.74) is 2.05. The van der Waals surface area contributed by atoms with Gasteiger partial charge in [0, 0.05) is 37.1 Å². The largest absolute Gasteiger partial charge is 0.497 e. The second kappa shape index (κ2) is 10.7. The highest BCUT2D eigenvalue weighted by atomic mass is 35.5. The smallest absolute Gasteiger partial charge is 0.137 e. The second-order valence-corrected chi connectivity index (χ2v) is 7.07. The third-order valence-electron chi connectivity index (χ3n) is 5.52. The number of anilines is 1. The van der Waals surface area contributed by atoms with Crippen LogP contribution >= 0.6 is 24.8 Å². The minimum Gasteiger partial charge on any atom is -0.497 e. The highest BCUT2D eigenvalue weighted by molar-refractivity contribution is 5.96. The standard InChI is InChI=1S/C23H27N3O2.2ClH/c1-4-25-11-13-26(14-12-25)23-21-10-9-20(28-3)15-18(21)16-22(24-23)17-5-7-19(27-2)8-6-17;;/h5-10,15-16H,4,11-14H2,1-3H3;2*1H. The lowest BCUT2D eigenvalue weighted by molar-refractivity contribution is 0.271. The molecule has 162 valence electrons. The lowest BCUT2D eigenvalue weighted by Gasteiger charge is -2.35. The number of benzene rings is 2. The number of likely N-dealkylation sites (N-methyl/N-ethyl adjacent to an activating group) is 1. The monoisotopic (exact) mass is 449 g/mol. The number of hydrogen-bond donors (Lipinski definition) is 0. The van der Waals surface area contributed by atoms with E-state index < -0.39 is 0 Å². The number of methoxy groups -OCH3 is 2. The van der Waals surface area contributed by atoms with Gasteiger partial charge in [0.25, 0.3) is 0 Å². The van der Waals surface area contributed by atoms with Crippen molar-refractivity contribution in [3.05, 3.63) is 48.5 Å². The van der Waals surface area contributed by atoms with Crippen molar-refractivity contribution in [1.82, 2.24) is 9.88 Å². The number of nitrogens with zero attached hydrogens (tertiary/aromatic N) is 3. The van der Waals surface area contributed by atoms with E-state index in [1.165, 1.54) is 5.39 Å². The maximum absolute atomic E-state index is 5.45. The second-order valence-electron chi connectivity index (χ2n) is 7.07. The molecular formula is C23H29Cl2N3O2. The van der Waals surface area contributed by atoms with Gasteiger partial charge in [-0.2, -0.15) is 0 Å². The van der Waals surface area contributed by atoms with Crippen LogP contribution in [0.3, 0.4) is 0 Å². The van der Waals surface area contributed by atoms with Crippen LogP contribution in [0, 0.1) is 0 Å². The van der Waals surface area contributed by atoms with Gasteiger partial charge in [-0.15, -0.1) is 24.8 Å². The Morgan fingerprint density at radius 1 is 0.833 bits per heavy atom. The van der Waals surface area contributed by atoms with Crippen molar-refractivity contribution in [2.24, 2.45) is 0 Å². The maximum Gasteiger partial charge on any atom is 0.137 e. The first-order valence-electron chi connectivity index (χ1n) is 9.82. The number of ether oxygens (including phenoxy) is 2. The molecule has 0 unspecified atom stereocenters. The molecular weight excluding hydrogens is 421 g/mol. The van der Waals surface area contributed by atoms with Gasteiger partial charge in [-0.1, -0.05) is 6.92 Å². The van der Waals surface area contributed by atoms with Gasteiger partial charge in [-0.25, -0.2) is 4.98 Å². The molecule has 1 saturated heterocycles. The van der Waals surface area contributed by atoms with Crippen LogP contribution in [0.1, 0.15) is 6.92 Å². The van der Waals surface area contributed by atoms with E-state index in [0.29, 0.717) is 0 Å². The van der Waals surface area contributed by atoms with Crippen molar-refractivity contribution in [3.63, 3.8) is 0 Å². The molecule has 1 aromatic heterocycles. The Morgan fingerprint density at radius 2 is 1.47 bits per heavy atom. The Labute approximate surface area is 190 Å². The Bertz CT molecular complexity index is 959. The third-order valence-corrected chi connectivity index (χ3v) is 5.52. The number of aromatic nitrogens is 1. The molecule has 0 N–H and O–H groups in total. The lowest BCUT2D eigenvalue weighted by atomic mass is 10.1. The van der Waals surface area contributed by atoms with Crippen LogP contribution in [0.15, 0.2) is 48.5 Å². The van der Waals surface area contributed by atoms with E-state index in [4.69, 9.17) is 14.5 Å². The number of pyridine rings is 1. The normalized spacial score (nSPS) is 14.0. The first-order valence-corrected chi connectivity index (χ1v) is 9.82. The number of rotatable bonds is 5. The SMILES string of the molecule is CCN1CCN(c2nc(-c3ccc(OC)cc3)cc3cc(OC)ccc23)CC1.Cl.Cl. The summed E-state index contributed by atoms with van der Waals surface area (Å²) in [6.45, 7) is 7.46. The summed E-state index contributed by atoms with van der Waals surface area (Å²) >= 11 is 0.